The third kappa shape index (κ3) is 0.838. The fourth-order valence-corrected chi connectivity index (χ4v) is 3.11. The second-order valence-corrected chi connectivity index (χ2v) is 4.88. The van der Waals surface area contributed by atoms with Crippen molar-refractivity contribution >= 4 is 5.97 Å². The highest BCUT2D eigenvalue weighted by molar-refractivity contribution is 5.71. The van der Waals surface area contributed by atoms with Crippen molar-refractivity contribution in [3.8, 4) is 0 Å². The van der Waals surface area contributed by atoms with Gasteiger partial charge in [0.1, 0.15) is 0 Å². The van der Waals surface area contributed by atoms with Crippen molar-refractivity contribution < 1.29 is 9.90 Å². The smallest absolute Gasteiger partial charge is 0.306 e. The summed E-state index contributed by atoms with van der Waals surface area (Å²) >= 11 is 0. The van der Waals surface area contributed by atoms with Gasteiger partial charge in [-0.15, -0.1) is 0 Å². The summed E-state index contributed by atoms with van der Waals surface area (Å²) in [4.78, 5) is 10.9. The summed E-state index contributed by atoms with van der Waals surface area (Å²) in [5, 5.41) is 8.97. The second kappa shape index (κ2) is 2.24. The highest BCUT2D eigenvalue weighted by Crippen LogP contribution is 2.61. The molecule has 68 valence electrons. The molecule has 1 N–H and O–H groups in total. The molecule has 3 fully saturated rings. The molecule has 3 rings (SSSR count). The van der Waals surface area contributed by atoms with E-state index in [-0.39, 0.29) is 5.92 Å². The van der Waals surface area contributed by atoms with Gasteiger partial charge in [0, 0.05) is 0 Å². The van der Waals surface area contributed by atoms with Gasteiger partial charge in [0.2, 0.25) is 0 Å². The predicted octanol–water partition coefficient (Wildman–Crippen LogP) is 2.14. The SMILES string of the molecule is CC1(C)C2CCC(C(=O)O)C1C2. The quantitative estimate of drug-likeness (QED) is 0.651. The van der Waals surface area contributed by atoms with E-state index in [9.17, 15) is 4.79 Å². The molecule has 0 spiro atoms. The minimum absolute atomic E-state index is 0.0509. The lowest BCUT2D eigenvalue weighted by Crippen LogP contribution is -2.54. The summed E-state index contributed by atoms with van der Waals surface area (Å²) in [5.41, 5.74) is 0.307. The lowest BCUT2D eigenvalue weighted by Gasteiger charge is -2.59. The van der Waals surface area contributed by atoms with Crippen LogP contribution in [0.3, 0.4) is 0 Å². The minimum Gasteiger partial charge on any atom is -0.481 e. The zero-order chi connectivity index (χ0) is 8.93. The van der Waals surface area contributed by atoms with E-state index >= 15 is 0 Å². The monoisotopic (exact) mass is 168 g/mol. The molecule has 2 nitrogen and oxygen atoms in total. The molecule has 0 radical (unpaired) electrons. The Labute approximate surface area is 73.0 Å². The molecule has 12 heavy (non-hydrogen) atoms. The first-order chi connectivity index (χ1) is 5.53. The van der Waals surface area contributed by atoms with Gasteiger partial charge in [0.25, 0.3) is 0 Å². The van der Waals surface area contributed by atoms with Crippen LogP contribution in [0.15, 0.2) is 0 Å². The third-order valence-electron chi connectivity index (χ3n) is 4.18. The molecule has 3 aliphatic rings. The molecule has 3 saturated carbocycles. The molecular weight excluding hydrogens is 152 g/mol. The number of hydrogen-bond donors (Lipinski definition) is 1. The van der Waals surface area contributed by atoms with Gasteiger partial charge >= 0.3 is 5.97 Å². The average molecular weight is 168 g/mol. The summed E-state index contributed by atoms with van der Waals surface area (Å²) in [6.07, 6.45) is 3.19. The van der Waals surface area contributed by atoms with E-state index in [0.29, 0.717) is 11.3 Å². The highest BCUT2D eigenvalue weighted by Gasteiger charge is 2.56. The van der Waals surface area contributed by atoms with Gasteiger partial charge < -0.3 is 5.11 Å². The lowest BCUT2D eigenvalue weighted by molar-refractivity contribution is -0.164. The van der Waals surface area contributed by atoms with Crippen molar-refractivity contribution in [2.75, 3.05) is 0 Å². The van der Waals surface area contributed by atoms with E-state index in [1.807, 2.05) is 0 Å². The van der Waals surface area contributed by atoms with E-state index in [2.05, 4.69) is 13.8 Å². The van der Waals surface area contributed by atoms with Gasteiger partial charge in [0.15, 0.2) is 0 Å². The Kier molecular flexibility index (Phi) is 1.51. The van der Waals surface area contributed by atoms with Crippen molar-refractivity contribution in [2.24, 2.45) is 23.2 Å². The molecule has 0 aromatic rings. The summed E-state index contributed by atoms with van der Waals surface area (Å²) < 4.78 is 0. The van der Waals surface area contributed by atoms with Crippen molar-refractivity contribution in [1.29, 1.82) is 0 Å². The Morgan fingerprint density at radius 1 is 1.42 bits per heavy atom. The van der Waals surface area contributed by atoms with Crippen LogP contribution in [0.5, 0.6) is 0 Å². The molecule has 2 heteroatoms. The van der Waals surface area contributed by atoms with Crippen LogP contribution in [0.4, 0.5) is 0 Å². The van der Waals surface area contributed by atoms with Gasteiger partial charge in [-0.2, -0.15) is 0 Å². The van der Waals surface area contributed by atoms with E-state index < -0.39 is 5.97 Å². The predicted molar refractivity (Wildman–Crippen MR) is 45.7 cm³/mol. The van der Waals surface area contributed by atoms with E-state index in [1.54, 1.807) is 0 Å². The van der Waals surface area contributed by atoms with Crippen LogP contribution in [0.25, 0.3) is 0 Å². The number of carboxylic acid groups (broad SMARTS) is 1. The van der Waals surface area contributed by atoms with Gasteiger partial charge in [-0.3, -0.25) is 4.79 Å². The van der Waals surface area contributed by atoms with Gasteiger partial charge in [0.05, 0.1) is 5.92 Å². The molecule has 0 saturated heterocycles. The number of aliphatic carboxylic acids is 1. The zero-order valence-corrected chi connectivity index (χ0v) is 7.71. The fraction of sp³-hybridized carbons (Fsp3) is 0.900. The summed E-state index contributed by atoms with van der Waals surface area (Å²) in [6, 6.07) is 0. The molecule has 3 aliphatic carbocycles. The molecule has 0 aromatic carbocycles. The first-order valence-corrected chi connectivity index (χ1v) is 4.76. The molecular formula is C10H16O2. The fourth-order valence-electron chi connectivity index (χ4n) is 3.11. The summed E-state index contributed by atoms with van der Waals surface area (Å²) in [5.74, 6) is 0.628. The largest absolute Gasteiger partial charge is 0.481 e. The van der Waals surface area contributed by atoms with Crippen molar-refractivity contribution in [3.05, 3.63) is 0 Å². The van der Waals surface area contributed by atoms with Crippen LogP contribution in [-0.2, 0) is 4.79 Å². The first-order valence-electron chi connectivity index (χ1n) is 4.76. The molecule has 0 aliphatic heterocycles. The maximum absolute atomic E-state index is 10.9. The maximum atomic E-state index is 10.9. The van der Waals surface area contributed by atoms with Crippen LogP contribution in [0, 0.1) is 23.2 Å². The standard InChI is InChI=1S/C10H16O2/c1-10(2)6-3-4-7(9(11)12)8(10)5-6/h6-8H,3-5H2,1-2H3,(H,11,12). The normalized spacial score (nSPS) is 43.3. The number of carbonyl (C=O) groups is 1. The average Bonchev–Trinajstić information content (AvgIpc) is 2.04. The summed E-state index contributed by atoms with van der Waals surface area (Å²) in [6.45, 7) is 4.45. The van der Waals surface area contributed by atoms with Crippen molar-refractivity contribution in [1.82, 2.24) is 0 Å². The van der Waals surface area contributed by atoms with E-state index in [4.69, 9.17) is 5.11 Å². The third-order valence-corrected chi connectivity index (χ3v) is 4.18. The number of hydrogen-bond acceptors (Lipinski definition) is 1. The van der Waals surface area contributed by atoms with Crippen LogP contribution in [0.1, 0.15) is 33.1 Å². The van der Waals surface area contributed by atoms with Gasteiger partial charge in [-0.25, -0.2) is 0 Å². The van der Waals surface area contributed by atoms with E-state index in [1.165, 1.54) is 0 Å². The molecule has 0 heterocycles. The highest BCUT2D eigenvalue weighted by atomic mass is 16.4. The minimum atomic E-state index is -0.578. The van der Waals surface area contributed by atoms with E-state index in [0.717, 1.165) is 25.2 Å². The van der Waals surface area contributed by atoms with Crippen LogP contribution in [0.2, 0.25) is 0 Å². The van der Waals surface area contributed by atoms with Crippen LogP contribution >= 0.6 is 0 Å². The second-order valence-electron chi connectivity index (χ2n) is 4.88. The van der Waals surface area contributed by atoms with Crippen LogP contribution in [-0.4, -0.2) is 11.1 Å². The van der Waals surface area contributed by atoms with Gasteiger partial charge in [-0.05, 0) is 36.5 Å². The Hall–Kier alpha value is -0.530. The molecule has 2 bridgehead atoms. The Morgan fingerprint density at radius 2 is 2.08 bits per heavy atom. The van der Waals surface area contributed by atoms with Crippen molar-refractivity contribution in [3.63, 3.8) is 0 Å². The lowest BCUT2D eigenvalue weighted by atomic mass is 9.45. The van der Waals surface area contributed by atoms with Gasteiger partial charge in [-0.1, -0.05) is 13.8 Å². The topological polar surface area (TPSA) is 37.3 Å². The number of rotatable bonds is 1. The molecule has 0 aromatic heterocycles. The Balaban J connectivity index is 2.16. The maximum Gasteiger partial charge on any atom is 0.306 e. The molecule has 3 unspecified atom stereocenters. The van der Waals surface area contributed by atoms with Crippen molar-refractivity contribution in [2.45, 2.75) is 33.1 Å². The summed E-state index contributed by atoms with van der Waals surface area (Å²) in [7, 11) is 0. The molecule has 3 atom stereocenters. The van der Waals surface area contributed by atoms with Crippen LogP contribution < -0.4 is 0 Å². The Bertz CT molecular complexity index is 218. The number of carboxylic acids is 1. The Morgan fingerprint density at radius 3 is 2.42 bits per heavy atom. The first kappa shape index (κ1) is 8.09. The molecule has 0 amide bonds. The number of fused-ring (bicyclic) bond motifs is 2. The zero-order valence-electron chi connectivity index (χ0n) is 7.71.